The molecule has 3 nitrogen and oxygen atoms in total. The summed E-state index contributed by atoms with van der Waals surface area (Å²) in [5, 5.41) is 0. The molecule has 2 N–H and O–H groups in total. The molecule has 1 aliphatic carbocycles. The lowest BCUT2D eigenvalue weighted by molar-refractivity contribution is -0.0884. The topological polar surface area (TPSA) is 38.5 Å². The third-order valence-corrected chi connectivity index (χ3v) is 5.06. The highest BCUT2D eigenvalue weighted by molar-refractivity contribution is 4.87. The maximum absolute atomic E-state index is 5.94. The molecule has 2 fully saturated rings. The van der Waals surface area contributed by atoms with Crippen LogP contribution in [0.25, 0.3) is 0 Å². The van der Waals surface area contributed by atoms with Crippen molar-refractivity contribution in [3.05, 3.63) is 0 Å². The van der Waals surface area contributed by atoms with Crippen molar-refractivity contribution in [2.45, 2.75) is 70.4 Å². The van der Waals surface area contributed by atoms with Crippen molar-refractivity contribution in [2.24, 2.45) is 11.7 Å². The van der Waals surface area contributed by atoms with Crippen molar-refractivity contribution < 1.29 is 4.74 Å². The molecule has 1 saturated carbocycles. The Hall–Kier alpha value is -0.120. The van der Waals surface area contributed by atoms with E-state index in [0.717, 1.165) is 31.7 Å². The molecule has 3 unspecified atom stereocenters. The molecule has 2 rings (SSSR count). The molecular weight excluding hydrogens is 236 g/mol. The van der Waals surface area contributed by atoms with Gasteiger partial charge in [-0.25, -0.2) is 0 Å². The highest BCUT2D eigenvalue weighted by Gasteiger charge is 2.33. The first kappa shape index (κ1) is 15.3. The van der Waals surface area contributed by atoms with E-state index in [-0.39, 0.29) is 0 Å². The summed E-state index contributed by atoms with van der Waals surface area (Å²) in [4.78, 5) is 2.71. The Bertz CT molecular complexity index is 245. The van der Waals surface area contributed by atoms with E-state index in [1.807, 2.05) is 0 Å². The van der Waals surface area contributed by atoms with E-state index in [1.54, 1.807) is 0 Å². The van der Waals surface area contributed by atoms with Gasteiger partial charge in [0.25, 0.3) is 0 Å². The second-order valence-corrected chi connectivity index (χ2v) is 6.29. The zero-order valence-electron chi connectivity index (χ0n) is 12.7. The van der Waals surface area contributed by atoms with Crippen molar-refractivity contribution in [2.75, 3.05) is 26.2 Å². The van der Waals surface area contributed by atoms with E-state index < -0.39 is 0 Å². The highest BCUT2D eigenvalue weighted by Crippen LogP contribution is 2.28. The van der Waals surface area contributed by atoms with E-state index >= 15 is 0 Å². The lowest BCUT2D eigenvalue weighted by Crippen LogP contribution is -2.52. The molecule has 3 atom stereocenters. The maximum atomic E-state index is 5.94. The van der Waals surface area contributed by atoms with Gasteiger partial charge in [-0.3, -0.25) is 4.90 Å². The number of nitrogens with two attached hydrogens (primary N) is 1. The molecule has 0 aromatic rings. The van der Waals surface area contributed by atoms with Crippen LogP contribution in [0.1, 0.15) is 58.3 Å². The number of rotatable bonds is 7. The van der Waals surface area contributed by atoms with Gasteiger partial charge in [0.15, 0.2) is 0 Å². The second-order valence-electron chi connectivity index (χ2n) is 6.29. The fourth-order valence-corrected chi connectivity index (χ4v) is 3.83. The first-order chi connectivity index (χ1) is 9.35. The molecule has 0 spiro atoms. The molecule has 0 radical (unpaired) electrons. The summed E-state index contributed by atoms with van der Waals surface area (Å²) in [7, 11) is 0. The molecule has 0 aromatic carbocycles. The largest absolute Gasteiger partial charge is 0.375 e. The molecule has 0 bridgehead atoms. The SMILES string of the molecule is CCC(CCN)CCCN1CCOC2CCCCC21. The Labute approximate surface area is 118 Å². The summed E-state index contributed by atoms with van der Waals surface area (Å²) >= 11 is 0. The van der Waals surface area contributed by atoms with Gasteiger partial charge in [-0.1, -0.05) is 26.2 Å². The van der Waals surface area contributed by atoms with Gasteiger partial charge < -0.3 is 10.5 Å². The number of fused-ring (bicyclic) bond motifs is 1. The summed E-state index contributed by atoms with van der Waals surface area (Å²) in [5.74, 6) is 0.841. The Morgan fingerprint density at radius 1 is 1.26 bits per heavy atom. The molecule has 0 aromatic heterocycles. The summed E-state index contributed by atoms with van der Waals surface area (Å²) in [6, 6.07) is 0.720. The number of ether oxygens (including phenoxy) is 1. The van der Waals surface area contributed by atoms with Gasteiger partial charge in [0.05, 0.1) is 12.7 Å². The summed E-state index contributed by atoms with van der Waals surface area (Å²) in [5.41, 5.74) is 5.68. The van der Waals surface area contributed by atoms with Gasteiger partial charge in [-0.15, -0.1) is 0 Å². The van der Waals surface area contributed by atoms with Gasteiger partial charge in [-0.05, 0) is 51.1 Å². The van der Waals surface area contributed by atoms with Gasteiger partial charge in [-0.2, -0.15) is 0 Å². The second kappa shape index (κ2) is 8.23. The van der Waals surface area contributed by atoms with Crippen LogP contribution in [0.3, 0.4) is 0 Å². The van der Waals surface area contributed by atoms with Crippen LogP contribution in [0.4, 0.5) is 0 Å². The van der Waals surface area contributed by atoms with Crippen LogP contribution in [-0.2, 0) is 4.74 Å². The number of hydrogen-bond acceptors (Lipinski definition) is 3. The van der Waals surface area contributed by atoms with Gasteiger partial charge >= 0.3 is 0 Å². The Balaban J connectivity index is 1.72. The molecule has 1 aliphatic heterocycles. The Morgan fingerprint density at radius 3 is 2.89 bits per heavy atom. The van der Waals surface area contributed by atoms with Crippen molar-refractivity contribution in [1.82, 2.24) is 4.90 Å². The van der Waals surface area contributed by atoms with E-state index in [4.69, 9.17) is 10.5 Å². The zero-order valence-corrected chi connectivity index (χ0v) is 12.7. The molecule has 112 valence electrons. The van der Waals surface area contributed by atoms with Crippen LogP contribution in [0.2, 0.25) is 0 Å². The normalized spacial score (nSPS) is 30.0. The molecule has 19 heavy (non-hydrogen) atoms. The van der Waals surface area contributed by atoms with Gasteiger partial charge in [0, 0.05) is 12.6 Å². The summed E-state index contributed by atoms with van der Waals surface area (Å²) < 4.78 is 5.94. The van der Waals surface area contributed by atoms with Crippen LogP contribution in [0.15, 0.2) is 0 Å². The standard InChI is InChI=1S/C16H32N2O/c1-2-14(9-10-17)6-5-11-18-12-13-19-16-8-4-3-7-15(16)18/h14-16H,2-13,17H2,1H3. The van der Waals surface area contributed by atoms with Crippen molar-refractivity contribution in [3.8, 4) is 0 Å². The first-order valence-corrected chi connectivity index (χ1v) is 8.40. The zero-order chi connectivity index (χ0) is 13.5. The van der Waals surface area contributed by atoms with Crippen LogP contribution in [0, 0.1) is 5.92 Å². The molecule has 2 aliphatic rings. The minimum atomic E-state index is 0.536. The molecule has 0 amide bonds. The summed E-state index contributed by atoms with van der Waals surface area (Å²) in [6.07, 6.45) is 11.1. The minimum Gasteiger partial charge on any atom is -0.375 e. The third-order valence-electron chi connectivity index (χ3n) is 5.06. The molecule has 1 heterocycles. The average Bonchev–Trinajstić information content (AvgIpc) is 2.46. The van der Waals surface area contributed by atoms with Crippen molar-refractivity contribution in [3.63, 3.8) is 0 Å². The first-order valence-electron chi connectivity index (χ1n) is 8.40. The third kappa shape index (κ3) is 4.44. The van der Waals surface area contributed by atoms with Crippen molar-refractivity contribution in [1.29, 1.82) is 0 Å². The van der Waals surface area contributed by atoms with Gasteiger partial charge in [0.1, 0.15) is 0 Å². The van der Waals surface area contributed by atoms with E-state index in [2.05, 4.69) is 11.8 Å². The fourth-order valence-electron chi connectivity index (χ4n) is 3.83. The smallest absolute Gasteiger partial charge is 0.0730 e. The predicted molar refractivity (Wildman–Crippen MR) is 80.3 cm³/mol. The molecule has 3 heteroatoms. The Morgan fingerprint density at radius 2 is 2.11 bits per heavy atom. The van der Waals surface area contributed by atoms with Gasteiger partial charge in [0.2, 0.25) is 0 Å². The molecule has 1 saturated heterocycles. The van der Waals surface area contributed by atoms with Crippen LogP contribution in [-0.4, -0.2) is 43.3 Å². The quantitative estimate of drug-likeness (QED) is 0.771. The maximum Gasteiger partial charge on any atom is 0.0730 e. The lowest BCUT2D eigenvalue weighted by atomic mass is 9.89. The molecular formula is C16H32N2O. The highest BCUT2D eigenvalue weighted by atomic mass is 16.5. The fraction of sp³-hybridized carbons (Fsp3) is 1.00. The number of morpholine rings is 1. The number of nitrogens with zero attached hydrogens (tertiary/aromatic N) is 1. The van der Waals surface area contributed by atoms with Crippen LogP contribution >= 0.6 is 0 Å². The van der Waals surface area contributed by atoms with E-state index in [9.17, 15) is 0 Å². The number of hydrogen-bond donors (Lipinski definition) is 1. The Kier molecular flexibility index (Phi) is 6.62. The van der Waals surface area contributed by atoms with Crippen LogP contribution < -0.4 is 5.73 Å². The van der Waals surface area contributed by atoms with E-state index in [1.165, 1.54) is 57.9 Å². The van der Waals surface area contributed by atoms with E-state index in [0.29, 0.717) is 6.10 Å². The van der Waals surface area contributed by atoms with Crippen LogP contribution in [0.5, 0.6) is 0 Å². The minimum absolute atomic E-state index is 0.536. The average molecular weight is 268 g/mol. The van der Waals surface area contributed by atoms with Crippen molar-refractivity contribution >= 4 is 0 Å². The summed E-state index contributed by atoms with van der Waals surface area (Å²) in [6.45, 7) is 6.51. The monoisotopic (exact) mass is 268 g/mol. The lowest BCUT2D eigenvalue weighted by Gasteiger charge is -2.44. The predicted octanol–water partition coefficient (Wildman–Crippen LogP) is 2.79.